The first-order chi connectivity index (χ1) is 10.1. The number of aromatic nitrogens is 2. The van der Waals surface area contributed by atoms with E-state index in [1.807, 2.05) is 24.3 Å². The smallest absolute Gasteiger partial charge is 0.339 e. The van der Waals surface area contributed by atoms with Crippen LogP contribution in [0.2, 0.25) is 0 Å². The van der Waals surface area contributed by atoms with Crippen molar-refractivity contribution in [2.75, 3.05) is 7.11 Å². The molecule has 0 bridgehead atoms. The molecule has 1 aromatic carbocycles. The summed E-state index contributed by atoms with van der Waals surface area (Å²) in [5.41, 5.74) is 1.83. The zero-order valence-corrected chi connectivity index (χ0v) is 12.5. The summed E-state index contributed by atoms with van der Waals surface area (Å²) in [5, 5.41) is 13.7. The van der Waals surface area contributed by atoms with Crippen LogP contribution in [0.1, 0.15) is 48.7 Å². The Morgan fingerprint density at radius 3 is 2.67 bits per heavy atom. The van der Waals surface area contributed by atoms with Crippen molar-refractivity contribution in [1.82, 2.24) is 9.78 Å². The number of nitrogens with zero attached hydrogens (tertiary/aromatic N) is 2. The van der Waals surface area contributed by atoms with Crippen molar-refractivity contribution in [3.05, 3.63) is 41.7 Å². The molecular weight excluding hydrogens is 268 g/mol. The van der Waals surface area contributed by atoms with Crippen LogP contribution in [-0.4, -0.2) is 28.0 Å². The minimum Gasteiger partial charge on any atom is -0.497 e. The number of carboxylic acids is 1. The Balaban J connectivity index is 2.60. The van der Waals surface area contributed by atoms with Gasteiger partial charge in [0, 0.05) is 12.0 Å². The van der Waals surface area contributed by atoms with Crippen LogP contribution in [0.4, 0.5) is 0 Å². The molecule has 1 N–H and O–H groups in total. The third-order valence-electron chi connectivity index (χ3n) is 3.71. The molecule has 0 spiro atoms. The summed E-state index contributed by atoms with van der Waals surface area (Å²) < 4.78 is 6.94. The lowest BCUT2D eigenvalue weighted by Crippen LogP contribution is -2.11. The van der Waals surface area contributed by atoms with E-state index in [2.05, 4.69) is 18.9 Å². The normalized spacial score (nSPS) is 10.9. The van der Waals surface area contributed by atoms with E-state index in [1.165, 1.54) is 6.20 Å². The fraction of sp³-hybridized carbons (Fsp3) is 0.375. The summed E-state index contributed by atoms with van der Waals surface area (Å²) in [6.07, 6.45) is 3.16. The molecule has 0 aliphatic heterocycles. The van der Waals surface area contributed by atoms with Crippen molar-refractivity contribution >= 4 is 5.97 Å². The lowest BCUT2D eigenvalue weighted by Gasteiger charge is -2.16. The Morgan fingerprint density at radius 1 is 1.38 bits per heavy atom. The topological polar surface area (TPSA) is 64.3 Å². The highest BCUT2D eigenvalue weighted by Gasteiger charge is 2.23. The van der Waals surface area contributed by atoms with Gasteiger partial charge < -0.3 is 9.84 Å². The molecule has 5 heteroatoms. The molecule has 5 nitrogen and oxygen atoms in total. The van der Waals surface area contributed by atoms with Gasteiger partial charge in [-0.2, -0.15) is 5.10 Å². The van der Waals surface area contributed by atoms with E-state index in [1.54, 1.807) is 11.8 Å². The molecule has 21 heavy (non-hydrogen) atoms. The van der Waals surface area contributed by atoms with E-state index in [0.717, 1.165) is 30.0 Å². The SMILES string of the molecule is CCC(CC)c1c(C(=O)O)cnn1-c1cccc(OC)c1. The molecular formula is C16H20N2O3. The number of carboxylic acid groups (broad SMARTS) is 1. The Bertz CT molecular complexity index is 630. The van der Waals surface area contributed by atoms with E-state index >= 15 is 0 Å². The van der Waals surface area contributed by atoms with E-state index in [0.29, 0.717) is 0 Å². The summed E-state index contributed by atoms with van der Waals surface area (Å²) in [4.78, 5) is 11.4. The Kier molecular flexibility index (Phi) is 4.62. The first-order valence-electron chi connectivity index (χ1n) is 7.07. The third kappa shape index (κ3) is 2.91. The van der Waals surface area contributed by atoms with Crippen LogP contribution in [-0.2, 0) is 0 Å². The second-order valence-corrected chi connectivity index (χ2v) is 4.88. The molecule has 0 radical (unpaired) electrons. The van der Waals surface area contributed by atoms with Crippen molar-refractivity contribution in [3.8, 4) is 11.4 Å². The molecule has 0 atom stereocenters. The second kappa shape index (κ2) is 6.43. The molecule has 0 aliphatic carbocycles. The summed E-state index contributed by atoms with van der Waals surface area (Å²) >= 11 is 0. The van der Waals surface area contributed by atoms with Gasteiger partial charge in [0.05, 0.1) is 24.7 Å². The lowest BCUT2D eigenvalue weighted by molar-refractivity contribution is 0.0695. The molecule has 0 fully saturated rings. The van der Waals surface area contributed by atoms with Gasteiger partial charge in [-0.05, 0) is 25.0 Å². The third-order valence-corrected chi connectivity index (χ3v) is 3.71. The minimum atomic E-state index is -0.939. The quantitative estimate of drug-likeness (QED) is 0.883. The van der Waals surface area contributed by atoms with Crippen LogP contribution in [0.3, 0.4) is 0 Å². The van der Waals surface area contributed by atoms with Crippen LogP contribution in [0.25, 0.3) is 5.69 Å². The molecule has 0 amide bonds. The number of benzene rings is 1. The van der Waals surface area contributed by atoms with Crippen molar-refractivity contribution < 1.29 is 14.6 Å². The first kappa shape index (κ1) is 15.1. The fourth-order valence-corrected chi connectivity index (χ4v) is 2.54. The van der Waals surface area contributed by atoms with Crippen LogP contribution >= 0.6 is 0 Å². The summed E-state index contributed by atoms with van der Waals surface area (Å²) in [7, 11) is 1.60. The monoisotopic (exact) mass is 288 g/mol. The number of methoxy groups -OCH3 is 1. The Hall–Kier alpha value is -2.30. The maximum atomic E-state index is 11.4. The number of hydrogen-bond donors (Lipinski definition) is 1. The van der Waals surface area contributed by atoms with Crippen molar-refractivity contribution in [2.45, 2.75) is 32.6 Å². The van der Waals surface area contributed by atoms with Crippen LogP contribution < -0.4 is 4.74 Å². The van der Waals surface area contributed by atoms with Gasteiger partial charge in [-0.3, -0.25) is 0 Å². The number of hydrogen-bond acceptors (Lipinski definition) is 3. The molecule has 2 rings (SSSR count). The molecule has 1 heterocycles. The van der Waals surface area contributed by atoms with Gasteiger partial charge in [-0.25, -0.2) is 9.48 Å². The van der Waals surface area contributed by atoms with Crippen LogP contribution in [0, 0.1) is 0 Å². The molecule has 2 aromatic rings. The standard InChI is InChI=1S/C16H20N2O3/c1-4-11(5-2)15-14(16(19)20)10-17-18(15)12-7-6-8-13(9-12)21-3/h6-11H,4-5H2,1-3H3,(H,19,20). The molecule has 0 aliphatic rings. The van der Waals surface area contributed by atoms with Gasteiger partial charge in [-0.1, -0.05) is 19.9 Å². The summed E-state index contributed by atoms with van der Waals surface area (Å²) in [6.45, 7) is 4.12. The predicted octanol–water partition coefficient (Wildman–Crippen LogP) is 3.48. The Labute approximate surface area is 124 Å². The number of carbonyl (C=O) groups is 1. The van der Waals surface area contributed by atoms with Gasteiger partial charge >= 0.3 is 5.97 Å². The zero-order valence-electron chi connectivity index (χ0n) is 12.5. The lowest BCUT2D eigenvalue weighted by atomic mass is 9.96. The van der Waals surface area contributed by atoms with Crippen molar-refractivity contribution in [2.24, 2.45) is 0 Å². The van der Waals surface area contributed by atoms with Crippen molar-refractivity contribution in [3.63, 3.8) is 0 Å². The van der Waals surface area contributed by atoms with Gasteiger partial charge in [-0.15, -0.1) is 0 Å². The maximum Gasteiger partial charge on any atom is 0.339 e. The van der Waals surface area contributed by atoms with E-state index < -0.39 is 5.97 Å². The number of aromatic carboxylic acids is 1. The molecule has 0 saturated carbocycles. The average Bonchev–Trinajstić information content (AvgIpc) is 2.94. The van der Waals surface area contributed by atoms with E-state index in [4.69, 9.17) is 4.74 Å². The second-order valence-electron chi connectivity index (χ2n) is 4.88. The number of ether oxygens (including phenoxy) is 1. The summed E-state index contributed by atoms with van der Waals surface area (Å²) in [5.74, 6) is -0.0637. The van der Waals surface area contributed by atoms with Gasteiger partial charge in [0.1, 0.15) is 11.3 Å². The summed E-state index contributed by atoms with van der Waals surface area (Å²) in [6, 6.07) is 7.46. The number of rotatable bonds is 6. The van der Waals surface area contributed by atoms with Crippen LogP contribution in [0.5, 0.6) is 5.75 Å². The fourth-order valence-electron chi connectivity index (χ4n) is 2.54. The molecule has 112 valence electrons. The predicted molar refractivity (Wildman–Crippen MR) is 80.4 cm³/mol. The first-order valence-corrected chi connectivity index (χ1v) is 7.07. The van der Waals surface area contributed by atoms with Crippen molar-refractivity contribution in [1.29, 1.82) is 0 Å². The van der Waals surface area contributed by atoms with E-state index in [-0.39, 0.29) is 11.5 Å². The van der Waals surface area contributed by atoms with Gasteiger partial charge in [0.25, 0.3) is 0 Å². The molecule has 1 aromatic heterocycles. The van der Waals surface area contributed by atoms with Crippen LogP contribution in [0.15, 0.2) is 30.5 Å². The van der Waals surface area contributed by atoms with Gasteiger partial charge in [0.2, 0.25) is 0 Å². The highest BCUT2D eigenvalue weighted by Crippen LogP contribution is 2.29. The largest absolute Gasteiger partial charge is 0.497 e. The average molecular weight is 288 g/mol. The Morgan fingerprint density at radius 2 is 2.10 bits per heavy atom. The maximum absolute atomic E-state index is 11.4. The van der Waals surface area contributed by atoms with E-state index in [9.17, 15) is 9.90 Å². The minimum absolute atomic E-state index is 0.157. The molecule has 0 saturated heterocycles. The zero-order chi connectivity index (χ0) is 15.4. The highest BCUT2D eigenvalue weighted by molar-refractivity contribution is 5.89. The van der Waals surface area contributed by atoms with Gasteiger partial charge in [0.15, 0.2) is 0 Å². The highest BCUT2D eigenvalue weighted by atomic mass is 16.5. The molecule has 0 unspecified atom stereocenters.